The predicted molar refractivity (Wildman–Crippen MR) is 149 cm³/mol. The molecule has 0 bridgehead atoms. The van der Waals surface area contributed by atoms with E-state index in [1.807, 2.05) is 33.2 Å². The van der Waals surface area contributed by atoms with Crippen molar-refractivity contribution in [2.45, 2.75) is 64.2 Å². The highest BCUT2D eigenvalue weighted by molar-refractivity contribution is 5.73. The van der Waals surface area contributed by atoms with Crippen LogP contribution in [0.4, 0.5) is 22.0 Å². The third kappa shape index (κ3) is 5.49. The Kier molecular flexibility index (Phi) is 7.01. The van der Waals surface area contributed by atoms with Crippen molar-refractivity contribution in [1.82, 2.24) is 19.8 Å². The van der Waals surface area contributed by atoms with E-state index in [9.17, 15) is 4.79 Å². The van der Waals surface area contributed by atoms with Gasteiger partial charge >= 0.3 is 6.09 Å². The summed E-state index contributed by atoms with van der Waals surface area (Å²) in [5, 5.41) is 3.58. The first-order valence-electron chi connectivity index (χ1n) is 14.2. The highest BCUT2D eigenvalue weighted by Gasteiger charge is 2.38. The average molecular weight is 537 g/mol. The van der Waals surface area contributed by atoms with Gasteiger partial charge in [-0.05, 0) is 65.8 Å². The molecule has 39 heavy (non-hydrogen) atoms. The molecule has 0 radical (unpaired) electrons. The van der Waals surface area contributed by atoms with Gasteiger partial charge < -0.3 is 29.3 Å². The lowest BCUT2D eigenvalue weighted by atomic mass is 9.91. The summed E-state index contributed by atoms with van der Waals surface area (Å²) < 4.78 is 17.5. The molecule has 1 amide bonds. The molecule has 0 aromatic carbocycles. The fraction of sp³-hybridized carbons (Fsp3) is 0.621. The number of nitrogens with one attached hydrogen (secondary N) is 1. The van der Waals surface area contributed by atoms with Gasteiger partial charge in [-0.25, -0.2) is 9.78 Å². The summed E-state index contributed by atoms with van der Waals surface area (Å²) in [5.41, 5.74) is 3.78. The number of carbonyl (C=O) groups is 1. The van der Waals surface area contributed by atoms with E-state index in [0.717, 1.165) is 99.5 Å². The number of ether oxygens (including phenoxy) is 3. The maximum absolute atomic E-state index is 12.3. The fourth-order valence-corrected chi connectivity index (χ4v) is 6.02. The molecule has 6 heterocycles. The number of anilines is 3. The number of morpholine rings is 1. The van der Waals surface area contributed by atoms with Crippen molar-refractivity contribution in [3.05, 3.63) is 35.8 Å². The zero-order valence-corrected chi connectivity index (χ0v) is 23.5. The summed E-state index contributed by atoms with van der Waals surface area (Å²) in [4.78, 5) is 28.5. The van der Waals surface area contributed by atoms with Crippen LogP contribution < -0.4 is 15.0 Å². The van der Waals surface area contributed by atoms with Gasteiger partial charge in [-0.3, -0.25) is 9.88 Å². The number of rotatable bonds is 3. The van der Waals surface area contributed by atoms with Gasteiger partial charge in [-0.15, -0.1) is 0 Å². The number of likely N-dealkylation sites (tertiary alicyclic amines) is 2. The largest absolute Gasteiger partial charge is 0.482 e. The summed E-state index contributed by atoms with van der Waals surface area (Å²) in [6.45, 7) is 14.5. The number of hydrogen-bond acceptors (Lipinski definition) is 9. The Bertz CT molecular complexity index is 1200. The Balaban J connectivity index is 1.10. The molecular formula is C29H40N6O4. The van der Waals surface area contributed by atoms with Crippen LogP contribution in [0.25, 0.3) is 0 Å². The number of aromatic nitrogens is 2. The molecule has 3 saturated heterocycles. The van der Waals surface area contributed by atoms with Crippen LogP contribution in [0.1, 0.15) is 63.8 Å². The molecule has 4 aliphatic heterocycles. The van der Waals surface area contributed by atoms with Crippen LogP contribution in [-0.4, -0.2) is 90.0 Å². The Morgan fingerprint density at radius 1 is 1.10 bits per heavy atom. The van der Waals surface area contributed by atoms with Crippen LogP contribution in [-0.2, 0) is 9.47 Å². The first-order valence-corrected chi connectivity index (χ1v) is 14.2. The molecule has 0 aliphatic carbocycles. The van der Waals surface area contributed by atoms with Gasteiger partial charge in [0.05, 0.1) is 30.7 Å². The lowest BCUT2D eigenvalue weighted by Crippen LogP contribution is -2.62. The zero-order chi connectivity index (χ0) is 27.1. The van der Waals surface area contributed by atoms with Crippen molar-refractivity contribution in [3.8, 4) is 5.75 Å². The van der Waals surface area contributed by atoms with Gasteiger partial charge in [0.1, 0.15) is 17.5 Å². The summed E-state index contributed by atoms with van der Waals surface area (Å²) in [6, 6.07) is 4.64. The van der Waals surface area contributed by atoms with Crippen LogP contribution in [0.2, 0.25) is 0 Å². The molecule has 210 valence electrons. The highest BCUT2D eigenvalue weighted by atomic mass is 16.6. The first-order chi connectivity index (χ1) is 18.7. The molecule has 1 N–H and O–H groups in total. The van der Waals surface area contributed by atoms with Gasteiger partial charge in [0.2, 0.25) is 0 Å². The predicted octanol–water partition coefficient (Wildman–Crippen LogP) is 4.31. The van der Waals surface area contributed by atoms with Gasteiger partial charge in [0, 0.05) is 55.7 Å². The number of hydrogen-bond donors (Lipinski definition) is 1. The van der Waals surface area contributed by atoms with Crippen LogP contribution in [0.5, 0.6) is 5.75 Å². The minimum Gasteiger partial charge on any atom is -0.482 e. The van der Waals surface area contributed by atoms with Gasteiger partial charge in [0.15, 0.2) is 5.75 Å². The minimum absolute atomic E-state index is 0.154. The molecule has 0 saturated carbocycles. The molecule has 0 spiro atoms. The van der Waals surface area contributed by atoms with Crippen molar-refractivity contribution in [2.24, 2.45) is 0 Å². The Labute approximate surface area is 230 Å². The van der Waals surface area contributed by atoms with Crippen molar-refractivity contribution in [3.63, 3.8) is 0 Å². The monoisotopic (exact) mass is 536 g/mol. The molecule has 2 aromatic rings. The highest BCUT2D eigenvalue weighted by Crippen LogP contribution is 2.43. The van der Waals surface area contributed by atoms with E-state index >= 15 is 0 Å². The Morgan fingerprint density at radius 2 is 1.85 bits per heavy atom. The number of carbonyl (C=O) groups excluding carboxylic acids is 1. The smallest absolute Gasteiger partial charge is 0.410 e. The Morgan fingerprint density at radius 3 is 2.56 bits per heavy atom. The second kappa shape index (κ2) is 10.5. The van der Waals surface area contributed by atoms with Crippen LogP contribution in [0, 0.1) is 0 Å². The SMILES string of the molecule is CC1Oc2cnc(C3CCN(C4CN(C(=O)OC(C)(C)C)C4)CC3)cc2Nc2nccc(N3CCOCC3)c21. The molecule has 1 unspecified atom stereocenters. The van der Waals surface area contributed by atoms with E-state index < -0.39 is 5.60 Å². The zero-order valence-electron chi connectivity index (χ0n) is 23.5. The summed E-state index contributed by atoms with van der Waals surface area (Å²) in [6.07, 6.45) is 5.46. The fourth-order valence-electron chi connectivity index (χ4n) is 6.02. The number of piperidine rings is 1. The molecule has 10 nitrogen and oxygen atoms in total. The molecule has 6 rings (SSSR count). The van der Waals surface area contributed by atoms with E-state index in [4.69, 9.17) is 24.2 Å². The maximum Gasteiger partial charge on any atom is 0.410 e. The van der Waals surface area contributed by atoms with Gasteiger partial charge in [0.25, 0.3) is 0 Å². The number of nitrogens with zero attached hydrogens (tertiary/aromatic N) is 5. The summed E-state index contributed by atoms with van der Waals surface area (Å²) >= 11 is 0. The van der Waals surface area contributed by atoms with E-state index in [-0.39, 0.29) is 12.2 Å². The third-order valence-electron chi connectivity index (χ3n) is 8.15. The van der Waals surface area contributed by atoms with E-state index in [1.165, 1.54) is 0 Å². The van der Waals surface area contributed by atoms with Crippen LogP contribution in [0.15, 0.2) is 24.5 Å². The lowest BCUT2D eigenvalue weighted by molar-refractivity contribution is -0.0197. The standard InChI is InChI=1S/C29H40N6O4/c1-19-26-24(34-11-13-37-14-12-34)5-8-30-27(26)32-23-15-22(31-16-25(23)38-19)20-6-9-33(10-7-20)21-17-35(18-21)28(36)39-29(2,3)4/h5,8,15-16,19-21H,6-7,9-14,17-18H2,1-4H3,(H,30,32). The number of fused-ring (bicyclic) bond motifs is 2. The van der Waals surface area contributed by atoms with Crippen molar-refractivity contribution >= 4 is 23.3 Å². The quantitative estimate of drug-likeness (QED) is 0.616. The van der Waals surface area contributed by atoms with E-state index in [1.54, 1.807) is 4.90 Å². The first kappa shape index (κ1) is 26.1. The average Bonchev–Trinajstić information content (AvgIpc) is 3.03. The van der Waals surface area contributed by atoms with Crippen LogP contribution >= 0.6 is 0 Å². The van der Waals surface area contributed by atoms with E-state index in [0.29, 0.717) is 12.0 Å². The Hall–Kier alpha value is -3.11. The van der Waals surface area contributed by atoms with Crippen molar-refractivity contribution in [2.75, 3.05) is 62.7 Å². The second-order valence-electron chi connectivity index (χ2n) is 12.0. The molecule has 10 heteroatoms. The van der Waals surface area contributed by atoms with Gasteiger partial charge in [-0.1, -0.05) is 0 Å². The molecule has 4 aliphatic rings. The van der Waals surface area contributed by atoms with Crippen LogP contribution in [0.3, 0.4) is 0 Å². The van der Waals surface area contributed by atoms with E-state index in [2.05, 4.69) is 34.2 Å². The lowest BCUT2D eigenvalue weighted by Gasteiger charge is -2.47. The van der Waals surface area contributed by atoms with Crippen molar-refractivity contribution < 1.29 is 19.0 Å². The summed E-state index contributed by atoms with van der Waals surface area (Å²) in [5.74, 6) is 1.99. The number of amides is 1. The van der Waals surface area contributed by atoms with Gasteiger partial charge in [-0.2, -0.15) is 0 Å². The summed E-state index contributed by atoms with van der Waals surface area (Å²) in [7, 11) is 0. The molecule has 2 aromatic heterocycles. The normalized spacial score (nSPS) is 22.6. The topological polar surface area (TPSA) is 92.3 Å². The third-order valence-corrected chi connectivity index (χ3v) is 8.15. The minimum atomic E-state index is -0.456. The van der Waals surface area contributed by atoms with Crippen molar-refractivity contribution in [1.29, 1.82) is 0 Å². The molecular weight excluding hydrogens is 496 g/mol. The molecule has 1 atom stereocenters. The number of pyridine rings is 2. The second-order valence-corrected chi connectivity index (χ2v) is 12.0. The molecule has 3 fully saturated rings. The maximum atomic E-state index is 12.3.